The Morgan fingerprint density at radius 3 is 2.50 bits per heavy atom. The molecule has 0 bridgehead atoms. The van der Waals surface area contributed by atoms with Crippen molar-refractivity contribution < 1.29 is 9.53 Å². The summed E-state index contributed by atoms with van der Waals surface area (Å²) in [5.74, 6) is 0.457. The summed E-state index contributed by atoms with van der Waals surface area (Å²) in [4.78, 5) is 10.9. The minimum atomic E-state index is -0.160. The van der Waals surface area contributed by atoms with E-state index >= 15 is 0 Å². The lowest BCUT2D eigenvalue weighted by Crippen LogP contribution is -2.31. The van der Waals surface area contributed by atoms with Crippen molar-refractivity contribution in [2.24, 2.45) is 5.92 Å². The summed E-state index contributed by atoms with van der Waals surface area (Å²) >= 11 is 2.08. The van der Waals surface area contributed by atoms with Gasteiger partial charge in [-0.2, -0.15) is 0 Å². The number of halogens is 1. The molecule has 0 aromatic carbocycles. The minimum absolute atomic E-state index is 0.0775. The molecule has 0 aliphatic carbocycles. The van der Waals surface area contributed by atoms with Gasteiger partial charge in [0.2, 0.25) is 0 Å². The number of alkyl halides is 1. The molecule has 0 rings (SSSR count). The van der Waals surface area contributed by atoms with Crippen LogP contribution in [-0.4, -0.2) is 30.1 Å². The Kier molecular flexibility index (Phi) is 6.74. The van der Waals surface area contributed by atoms with Gasteiger partial charge in [-0.25, -0.2) is 0 Å². The molecule has 0 aliphatic rings. The third-order valence-corrected chi connectivity index (χ3v) is 2.28. The Morgan fingerprint density at radius 2 is 2.08 bits per heavy atom. The van der Waals surface area contributed by atoms with E-state index in [4.69, 9.17) is 0 Å². The largest absolute Gasteiger partial charge is 0.468 e. The smallest absolute Gasteiger partial charge is 0.319 e. The molecule has 0 aromatic rings. The fourth-order valence-corrected chi connectivity index (χ4v) is 1.28. The highest BCUT2D eigenvalue weighted by Crippen LogP contribution is 2.01. The van der Waals surface area contributed by atoms with Crippen molar-refractivity contribution in [1.29, 1.82) is 0 Å². The van der Waals surface area contributed by atoms with Crippen LogP contribution in [0.25, 0.3) is 0 Å². The highest BCUT2D eigenvalue weighted by molar-refractivity contribution is 14.1. The van der Waals surface area contributed by atoms with Crippen LogP contribution in [0.1, 0.15) is 13.8 Å². The van der Waals surface area contributed by atoms with Gasteiger partial charge in [-0.1, -0.05) is 36.4 Å². The predicted molar refractivity (Wildman–Crippen MR) is 57.5 cm³/mol. The molecule has 1 atom stereocenters. The van der Waals surface area contributed by atoms with Crippen LogP contribution in [0.4, 0.5) is 0 Å². The molecule has 0 heterocycles. The molecule has 3 nitrogen and oxygen atoms in total. The normalized spacial score (nSPS) is 13.1. The van der Waals surface area contributed by atoms with Crippen LogP contribution in [-0.2, 0) is 9.53 Å². The quantitative estimate of drug-likeness (QED) is 0.469. The van der Waals surface area contributed by atoms with Crippen molar-refractivity contribution in [3.05, 3.63) is 0 Å². The molecule has 72 valence electrons. The summed E-state index contributed by atoms with van der Waals surface area (Å²) in [5, 5.41) is 3.19. The van der Waals surface area contributed by atoms with Crippen molar-refractivity contribution in [2.45, 2.75) is 17.8 Å². The standard InChI is InChI=1S/C8H16INO2/c1-6(2)4-10-5-7(9)8(11)12-3/h6-7,10H,4-5H2,1-3H3. The average Bonchev–Trinajstić information content (AvgIpc) is 2.02. The molecule has 0 saturated carbocycles. The third-order valence-electron chi connectivity index (χ3n) is 1.33. The van der Waals surface area contributed by atoms with E-state index in [2.05, 4.69) is 46.5 Å². The van der Waals surface area contributed by atoms with Gasteiger partial charge in [-0.05, 0) is 12.5 Å². The van der Waals surface area contributed by atoms with Crippen LogP contribution in [0.15, 0.2) is 0 Å². The topological polar surface area (TPSA) is 38.3 Å². The monoisotopic (exact) mass is 285 g/mol. The van der Waals surface area contributed by atoms with Gasteiger partial charge in [0.05, 0.1) is 7.11 Å². The number of esters is 1. The van der Waals surface area contributed by atoms with Crippen LogP contribution in [0, 0.1) is 5.92 Å². The number of hydrogen-bond donors (Lipinski definition) is 1. The predicted octanol–water partition coefficient (Wildman–Crippen LogP) is 1.21. The second kappa shape index (κ2) is 6.65. The lowest BCUT2D eigenvalue weighted by Gasteiger charge is -2.10. The molecule has 0 amide bonds. The molecule has 0 fully saturated rings. The highest BCUT2D eigenvalue weighted by atomic mass is 127. The first-order valence-electron chi connectivity index (χ1n) is 4.00. The second-order valence-electron chi connectivity index (χ2n) is 3.04. The van der Waals surface area contributed by atoms with Gasteiger partial charge in [-0.3, -0.25) is 4.79 Å². The Labute approximate surface area is 87.4 Å². The van der Waals surface area contributed by atoms with Crippen molar-refractivity contribution in [3.63, 3.8) is 0 Å². The van der Waals surface area contributed by atoms with Crippen molar-refractivity contribution >= 4 is 28.6 Å². The third kappa shape index (κ3) is 5.77. The summed E-state index contributed by atoms with van der Waals surface area (Å²) in [5.41, 5.74) is 0. The van der Waals surface area contributed by atoms with Crippen molar-refractivity contribution in [3.8, 4) is 0 Å². The van der Waals surface area contributed by atoms with E-state index in [1.165, 1.54) is 7.11 Å². The SMILES string of the molecule is COC(=O)C(I)CNCC(C)C. The molecule has 0 saturated heterocycles. The molecule has 0 spiro atoms. The van der Waals surface area contributed by atoms with Crippen LogP contribution in [0.2, 0.25) is 0 Å². The van der Waals surface area contributed by atoms with E-state index in [0.717, 1.165) is 6.54 Å². The number of methoxy groups -OCH3 is 1. The molecule has 1 unspecified atom stereocenters. The van der Waals surface area contributed by atoms with E-state index in [-0.39, 0.29) is 9.89 Å². The van der Waals surface area contributed by atoms with Crippen LogP contribution in [0.5, 0.6) is 0 Å². The van der Waals surface area contributed by atoms with Crippen LogP contribution >= 0.6 is 22.6 Å². The van der Waals surface area contributed by atoms with E-state index < -0.39 is 0 Å². The number of carbonyl (C=O) groups excluding carboxylic acids is 1. The number of nitrogens with one attached hydrogen (secondary N) is 1. The first-order chi connectivity index (χ1) is 5.57. The van der Waals surface area contributed by atoms with E-state index in [0.29, 0.717) is 12.5 Å². The fourth-order valence-electron chi connectivity index (χ4n) is 0.710. The van der Waals surface area contributed by atoms with Gasteiger partial charge in [0.15, 0.2) is 0 Å². The van der Waals surface area contributed by atoms with Gasteiger partial charge < -0.3 is 10.1 Å². The Hall–Kier alpha value is 0.160. The van der Waals surface area contributed by atoms with E-state index in [1.807, 2.05) is 0 Å². The summed E-state index contributed by atoms with van der Waals surface area (Å²) in [6, 6.07) is 0. The molecule has 12 heavy (non-hydrogen) atoms. The van der Waals surface area contributed by atoms with Crippen molar-refractivity contribution in [1.82, 2.24) is 5.32 Å². The number of carbonyl (C=O) groups is 1. The lowest BCUT2D eigenvalue weighted by molar-refractivity contribution is -0.139. The zero-order chi connectivity index (χ0) is 9.56. The zero-order valence-electron chi connectivity index (χ0n) is 7.76. The first kappa shape index (κ1) is 12.2. The van der Waals surface area contributed by atoms with Crippen LogP contribution in [0.3, 0.4) is 0 Å². The maximum absolute atomic E-state index is 10.9. The molecular weight excluding hydrogens is 269 g/mol. The van der Waals surface area contributed by atoms with Crippen LogP contribution < -0.4 is 5.32 Å². The molecular formula is C8H16INO2. The Bertz CT molecular complexity index is 139. The number of ether oxygens (including phenoxy) is 1. The zero-order valence-corrected chi connectivity index (χ0v) is 9.92. The van der Waals surface area contributed by atoms with Gasteiger partial charge in [0.1, 0.15) is 3.92 Å². The van der Waals surface area contributed by atoms with Gasteiger partial charge >= 0.3 is 5.97 Å². The summed E-state index contributed by atoms with van der Waals surface area (Å²) in [6.45, 7) is 5.89. The first-order valence-corrected chi connectivity index (χ1v) is 5.25. The fraction of sp³-hybridized carbons (Fsp3) is 0.875. The Balaban J connectivity index is 3.43. The highest BCUT2D eigenvalue weighted by Gasteiger charge is 2.13. The average molecular weight is 285 g/mol. The van der Waals surface area contributed by atoms with Crippen molar-refractivity contribution in [2.75, 3.05) is 20.2 Å². The second-order valence-corrected chi connectivity index (χ2v) is 4.55. The Morgan fingerprint density at radius 1 is 1.50 bits per heavy atom. The maximum Gasteiger partial charge on any atom is 0.319 e. The lowest BCUT2D eigenvalue weighted by atomic mass is 10.2. The molecule has 1 N–H and O–H groups in total. The number of rotatable bonds is 5. The van der Waals surface area contributed by atoms with Gasteiger partial charge in [-0.15, -0.1) is 0 Å². The molecule has 0 radical (unpaired) electrons. The number of hydrogen-bond acceptors (Lipinski definition) is 3. The molecule has 0 aliphatic heterocycles. The maximum atomic E-state index is 10.9. The summed E-state index contributed by atoms with van der Waals surface area (Å²) in [6.07, 6.45) is 0. The minimum Gasteiger partial charge on any atom is -0.468 e. The summed E-state index contributed by atoms with van der Waals surface area (Å²) < 4.78 is 4.51. The molecule has 0 aromatic heterocycles. The summed E-state index contributed by atoms with van der Waals surface area (Å²) in [7, 11) is 1.41. The molecule has 4 heteroatoms. The van der Waals surface area contributed by atoms with Gasteiger partial charge in [0, 0.05) is 6.54 Å². The van der Waals surface area contributed by atoms with E-state index in [1.54, 1.807) is 0 Å². The van der Waals surface area contributed by atoms with Gasteiger partial charge in [0.25, 0.3) is 0 Å². The van der Waals surface area contributed by atoms with E-state index in [9.17, 15) is 4.79 Å².